The van der Waals surface area contributed by atoms with Gasteiger partial charge >= 0.3 is 0 Å². The minimum atomic E-state index is -3.03. The number of hydrogen-bond acceptors (Lipinski definition) is 3. The van der Waals surface area contributed by atoms with Gasteiger partial charge in [-0.15, -0.1) is 0 Å². The first kappa shape index (κ1) is 11.9. The standard InChI is InChI=1S/C9H20N2O2S/c1-2-9-5-3-7-11(9)14(12,13)8-4-6-10/h9H,2-8,10H2,1H3. The van der Waals surface area contributed by atoms with E-state index in [0.29, 0.717) is 19.5 Å². The van der Waals surface area contributed by atoms with Gasteiger partial charge in [-0.25, -0.2) is 8.42 Å². The molecule has 2 N–H and O–H groups in total. The highest BCUT2D eigenvalue weighted by molar-refractivity contribution is 7.89. The molecule has 1 aliphatic heterocycles. The Balaban J connectivity index is 2.61. The van der Waals surface area contributed by atoms with Crippen LogP contribution in [0.2, 0.25) is 0 Å². The highest BCUT2D eigenvalue weighted by Crippen LogP contribution is 2.23. The topological polar surface area (TPSA) is 63.4 Å². The van der Waals surface area contributed by atoms with Crippen molar-refractivity contribution < 1.29 is 8.42 Å². The van der Waals surface area contributed by atoms with Crippen LogP contribution in [0.4, 0.5) is 0 Å². The molecule has 5 heteroatoms. The van der Waals surface area contributed by atoms with Gasteiger partial charge in [-0.1, -0.05) is 6.92 Å². The highest BCUT2D eigenvalue weighted by Gasteiger charge is 2.32. The molecule has 0 bridgehead atoms. The average Bonchev–Trinajstić information content (AvgIpc) is 2.63. The van der Waals surface area contributed by atoms with Crippen molar-refractivity contribution in [2.45, 2.75) is 38.6 Å². The Kier molecular flexibility index (Phi) is 4.34. The van der Waals surface area contributed by atoms with Crippen LogP contribution < -0.4 is 5.73 Å². The molecule has 1 rings (SSSR count). The molecule has 1 unspecified atom stereocenters. The number of hydrogen-bond donors (Lipinski definition) is 1. The smallest absolute Gasteiger partial charge is 0.214 e. The second-order valence-corrected chi connectivity index (χ2v) is 5.81. The Labute approximate surface area is 86.5 Å². The third kappa shape index (κ3) is 2.68. The lowest BCUT2D eigenvalue weighted by Crippen LogP contribution is -2.37. The van der Waals surface area contributed by atoms with Crippen LogP contribution in [0.25, 0.3) is 0 Å². The molecule has 1 fully saturated rings. The Morgan fingerprint density at radius 3 is 2.79 bits per heavy atom. The van der Waals surface area contributed by atoms with Crippen LogP contribution in [0.5, 0.6) is 0 Å². The summed E-state index contributed by atoms with van der Waals surface area (Å²) in [6.07, 6.45) is 3.50. The van der Waals surface area contributed by atoms with Gasteiger partial charge in [-0.3, -0.25) is 0 Å². The summed E-state index contributed by atoms with van der Waals surface area (Å²) >= 11 is 0. The normalized spacial score (nSPS) is 24.3. The van der Waals surface area contributed by atoms with E-state index in [0.717, 1.165) is 19.3 Å². The summed E-state index contributed by atoms with van der Waals surface area (Å²) < 4.78 is 25.3. The molecule has 84 valence electrons. The van der Waals surface area contributed by atoms with E-state index >= 15 is 0 Å². The molecule has 0 aromatic rings. The molecule has 0 aliphatic carbocycles. The summed E-state index contributed by atoms with van der Waals surface area (Å²) in [4.78, 5) is 0. The largest absolute Gasteiger partial charge is 0.330 e. The second kappa shape index (κ2) is 5.09. The van der Waals surface area contributed by atoms with E-state index in [-0.39, 0.29) is 11.8 Å². The Morgan fingerprint density at radius 1 is 1.50 bits per heavy atom. The van der Waals surface area contributed by atoms with Crippen molar-refractivity contribution in [1.82, 2.24) is 4.31 Å². The van der Waals surface area contributed by atoms with Crippen LogP contribution in [-0.2, 0) is 10.0 Å². The van der Waals surface area contributed by atoms with E-state index in [4.69, 9.17) is 5.73 Å². The molecule has 14 heavy (non-hydrogen) atoms. The number of nitrogens with two attached hydrogens (primary N) is 1. The molecule has 0 amide bonds. The molecular formula is C9H20N2O2S. The first-order valence-electron chi connectivity index (χ1n) is 5.31. The Bertz CT molecular complexity index is 264. The predicted octanol–water partition coefficient (Wildman–Crippen LogP) is 0.539. The van der Waals surface area contributed by atoms with Crippen LogP contribution in [0.3, 0.4) is 0 Å². The third-order valence-electron chi connectivity index (χ3n) is 2.76. The fraction of sp³-hybridized carbons (Fsp3) is 1.00. The van der Waals surface area contributed by atoms with Crippen molar-refractivity contribution in [2.75, 3.05) is 18.8 Å². The highest BCUT2D eigenvalue weighted by atomic mass is 32.2. The molecule has 4 nitrogen and oxygen atoms in total. The molecule has 0 aromatic carbocycles. The lowest BCUT2D eigenvalue weighted by molar-refractivity contribution is 0.379. The van der Waals surface area contributed by atoms with Crippen molar-refractivity contribution in [3.05, 3.63) is 0 Å². The van der Waals surface area contributed by atoms with E-state index < -0.39 is 10.0 Å². The van der Waals surface area contributed by atoms with E-state index in [1.54, 1.807) is 4.31 Å². The zero-order chi connectivity index (χ0) is 10.6. The zero-order valence-electron chi connectivity index (χ0n) is 8.78. The summed E-state index contributed by atoms with van der Waals surface area (Å²) in [6.45, 7) is 3.19. The maximum atomic E-state index is 11.8. The van der Waals surface area contributed by atoms with Crippen molar-refractivity contribution >= 4 is 10.0 Å². The van der Waals surface area contributed by atoms with Gasteiger partial charge in [-0.2, -0.15) is 4.31 Å². The molecule has 1 aliphatic rings. The molecule has 1 saturated heterocycles. The number of nitrogens with zero attached hydrogens (tertiary/aromatic N) is 1. The van der Waals surface area contributed by atoms with Crippen molar-refractivity contribution in [2.24, 2.45) is 5.73 Å². The maximum absolute atomic E-state index is 11.8. The monoisotopic (exact) mass is 220 g/mol. The average molecular weight is 220 g/mol. The van der Waals surface area contributed by atoms with Crippen LogP contribution >= 0.6 is 0 Å². The predicted molar refractivity (Wildman–Crippen MR) is 57.5 cm³/mol. The van der Waals surface area contributed by atoms with Gasteiger partial charge < -0.3 is 5.73 Å². The summed E-state index contributed by atoms with van der Waals surface area (Å²) in [5.74, 6) is 0.208. The van der Waals surface area contributed by atoms with Gasteiger partial charge in [0.1, 0.15) is 0 Å². The molecule has 0 spiro atoms. The van der Waals surface area contributed by atoms with Gasteiger partial charge in [0.25, 0.3) is 0 Å². The minimum absolute atomic E-state index is 0.208. The van der Waals surface area contributed by atoms with Gasteiger partial charge in [0, 0.05) is 12.6 Å². The van der Waals surface area contributed by atoms with Crippen LogP contribution in [0.15, 0.2) is 0 Å². The van der Waals surface area contributed by atoms with E-state index in [1.807, 2.05) is 6.92 Å². The quantitative estimate of drug-likeness (QED) is 0.735. The molecule has 0 saturated carbocycles. The fourth-order valence-corrected chi connectivity index (χ4v) is 3.85. The third-order valence-corrected chi connectivity index (χ3v) is 4.76. The molecule has 1 heterocycles. The van der Waals surface area contributed by atoms with Crippen molar-refractivity contribution in [3.8, 4) is 0 Å². The second-order valence-electron chi connectivity index (χ2n) is 3.77. The van der Waals surface area contributed by atoms with E-state index in [2.05, 4.69) is 0 Å². The van der Waals surface area contributed by atoms with Gasteiger partial charge in [0.05, 0.1) is 5.75 Å². The van der Waals surface area contributed by atoms with E-state index in [1.165, 1.54) is 0 Å². The van der Waals surface area contributed by atoms with Crippen LogP contribution in [-0.4, -0.2) is 37.6 Å². The van der Waals surface area contributed by atoms with E-state index in [9.17, 15) is 8.42 Å². The van der Waals surface area contributed by atoms with Gasteiger partial charge in [0.15, 0.2) is 0 Å². The minimum Gasteiger partial charge on any atom is -0.330 e. The Hall–Kier alpha value is -0.130. The van der Waals surface area contributed by atoms with Gasteiger partial charge in [0.2, 0.25) is 10.0 Å². The molecule has 0 aromatic heterocycles. The zero-order valence-corrected chi connectivity index (χ0v) is 9.59. The lowest BCUT2D eigenvalue weighted by atomic mass is 10.2. The maximum Gasteiger partial charge on any atom is 0.214 e. The first-order valence-corrected chi connectivity index (χ1v) is 6.92. The summed E-state index contributed by atoms with van der Waals surface area (Å²) in [5, 5.41) is 0. The van der Waals surface area contributed by atoms with Crippen LogP contribution in [0.1, 0.15) is 32.6 Å². The molecule has 1 atom stereocenters. The number of sulfonamides is 1. The van der Waals surface area contributed by atoms with Gasteiger partial charge in [-0.05, 0) is 32.2 Å². The lowest BCUT2D eigenvalue weighted by Gasteiger charge is -2.22. The van der Waals surface area contributed by atoms with Crippen molar-refractivity contribution in [3.63, 3.8) is 0 Å². The molecule has 0 radical (unpaired) electrons. The SMILES string of the molecule is CCC1CCCN1S(=O)(=O)CCCN. The summed E-state index contributed by atoms with van der Waals surface area (Å²) in [6, 6.07) is 0.234. The summed E-state index contributed by atoms with van der Waals surface area (Å²) in [7, 11) is -3.03. The Morgan fingerprint density at radius 2 is 2.21 bits per heavy atom. The molecular weight excluding hydrogens is 200 g/mol. The van der Waals surface area contributed by atoms with Crippen molar-refractivity contribution in [1.29, 1.82) is 0 Å². The summed E-state index contributed by atoms with van der Waals surface area (Å²) in [5.41, 5.74) is 5.32. The fourth-order valence-electron chi connectivity index (χ4n) is 1.97. The van der Waals surface area contributed by atoms with Crippen LogP contribution in [0, 0.1) is 0 Å². The first-order chi connectivity index (χ1) is 6.61. The number of rotatable bonds is 5.